The summed E-state index contributed by atoms with van der Waals surface area (Å²) in [6.45, 7) is 0.811. The van der Waals surface area contributed by atoms with Gasteiger partial charge in [0, 0.05) is 24.0 Å². The smallest absolute Gasteiger partial charge is 0.338 e. The van der Waals surface area contributed by atoms with Crippen molar-refractivity contribution in [1.82, 2.24) is 9.97 Å². The highest BCUT2D eigenvalue weighted by Gasteiger charge is 2.26. The molecule has 5 rings (SSSR count). The van der Waals surface area contributed by atoms with Crippen LogP contribution in [0.25, 0.3) is 0 Å². The average molecular weight is 480 g/mol. The number of nitrogens with one attached hydrogen (secondary N) is 2. The van der Waals surface area contributed by atoms with Crippen LogP contribution in [0.1, 0.15) is 31.8 Å². The summed E-state index contributed by atoms with van der Waals surface area (Å²) in [6, 6.07) is 6.50. The molecule has 35 heavy (non-hydrogen) atoms. The first-order valence-corrected chi connectivity index (χ1v) is 10.8. The topological polar surface area (TPSA) is 121 Å². The maximum atomic E-state index is 14.6. The fourth-order valence-electron chi connectivity index (χ4n) is 4.15. The molecule has 2 aliphatic heterocycles. The molecule has 3 heterocycles. The van der Waals surface area contributed by atoms with Crippen LogP contribution in [0.4, 0.5) is 27.5 Å². The van der Waals surface area contributed by atoms with Crippen molar-refractivity contribution in [3.8, 4) is 11.5 Å². The van der Waals surface area contributed by atoms with E-state index < -0.39 is 17.8 Å². The SMILES string of the molecule is COC(=O)c1ccc(Nc2ncc(F)c(Nc3ccc(C(=O)OC)c4c3OCC4)n2)c2c1CCO2. The van der Waals surface area contributed by atoms with E-state index in [9.17, 15) is 14.0 Å². The lowest BCUT2D eigenvalue weighted by atomic mass is 10.0. The fraction of sp³-hybridized carbons (Fsp3) is 0.250. The fourth-order valence-corrected chi connectivity index (χ4v) is 4.15. The zero-order valence-corrected chi connectivity index (χ0v) is 18.9. The Hall–Kier alpha value is -4.41. The summed E-state index contributed by atoms with van der Waals surface area (Å²) in [6.07, 6.45) is 2.12. The predicted octanol–water partition coefficient (Wildman–Crippen LogP) is 3.55. The molecule has 1 aromatic heterocycles. The molecule has 0 atom stereocenters. The van der Waals surface area contributed by atoms with Gasteiger partial charge in [-0.05, 0) is 24.3 Å². The lowest BCUT2D eigenvalue weighted by Gasteiger charge is -2.15. The molecule has 11 heteroatoms. The van der Waals surface area contributed by atoms with Gasteiger partial charge in [0.05, 0.1) is 56.1 Å². The van der Waals surface area contributed by atoms with Crippen LogP contribution in [0.15, 0.2) is 30.5 Å². The van der Waals surface area contributed by atoms with E-state index >= 15 is 0 Å². The quantitative estimate of drug-likeness (QED) is 0.507. The van der Waals surface area contributed by atoms with Gasteiger partial charge in [0.15, 0.2) is 11.6 Å². The molecule has 2 aliphatic rings. The lowest BCUT2D eigenvalue weighted by Crippen LogP contribution is -2.08. The average Bonchev–Trinajstić information content (AvgIpc) is 3.56. The number of methoxy groups -OCH3 is 2. The third kappa shape index (κ3) is 4.05. The number of hydrogen-bond acceptors (Lipinski definition) is 10. The van der Waals surface area contributed by atoms with Crippen LogP contribution in [0.5, 0.6) is 11.5 Å². The molecule has 0 radical (unpaired) electrons. The molecule has 180 valence electrons. The van der Waals surface area contributed by atoms with Crippen LogP contribution in [0.3, 0.4) is 0 Å². The number of rotatable bonds is 6. The second kappa shape index (κ2) is 9.09. The Morgan fingerprint density at radius 1 is 0.886 bits per heavy atom. The number of carbonyl (C=O) groups is 2. The number of aromatic nitrogens is 2. The molecule has 3 aromatic rings. The molecule has 10 nitrogen and oxygen atoms in total. The molecule has 2 N–H and O–H groups in total. The maximum absolute atomic E-state index is 14.6. The number of benzene rings is 2. The Labute approximate surface area is 199 Å². The zero-order valence-electron chi connectivity index (χ0n) is 18.9. The normalized spacial score (nSPS) is 13.2. The Bertz CT molecular complexity index is 1350. The van der Waals surface area contributed by atoms with Gasteiger partial charge in [-0.3, -0.25) is 0 Å². The number of hydrogen-bond donors (Lipinski definition) is 2. The third-order valence-electron chi connectivity index (χ3n) is 5.77. The molecule has 0 aliphatic carbocycles. The summed E-state index contributed by atoms with van der Waals surface area (Å²) in [5.41, 5.74) is 3.24. The molecule has 0 saturated carbocycles. The summed E-state index contributed by atoms with van der Waals surface area (Å²) in [5, 5.41) is 5.96. The van der Waals surface area contributed by atoms with Crippen molar-refractivity contribution in [2.75, 3.05) is 38.1 Å². The van der Waals surface area contributed by atoms with Gasteiger partial charge in [0.25, 0.3) is 0 Å². The second-order valence-corrected chi connectivity index (χ2v) is 7.76. The van der Waals surface area contributed by atoms with Gasteiger partial charge in [-0.1, -0.05) is 0 Å². The third-order valence-corrected chi connectivity index (χ3v) is 5.77. The molecule has 0 fully saturated rings. The van der Waals surface area contributed by atoms with Gasteiger partial charge >= 0.3 is 11.9 Å². The molecule has 0 bridgehead atoms. The van der Waals surface area contributed by atoms with E-state index in [1.807, 2.05) is 0 Å². The highest BCUT2D eigenvalue weighted by atomic mass is 19.1. The number of ether oxygens (including phenoxy) is 4. The van der Waals surface area contributed by atoms with E-state index in [0.29, 0.717) is 65.6 Å². The number of carbonyl (C=O) groups excluding carboxylic acids is 2. The molecule has 0 unspecified atom stereocenters. The van der Waals surface area contributed by atoms with E-state index in [-0.39, 0.29) is 11.8 Å². The van der Waals surface area contributed by atoms with E-state index in [4.69, 9.17) is 18.9 Å². The maximum Gasteiger partial charge on any atom is 0.338 e. The summed E-state index contributed by atoms with van der Waals surface area (Å²) in [4.78, 5) is 32.4. The Balaban J connectivity index is 1.44. The first kappa shape index (κ1) is 22.4. The largest absolute Gasteiger partial charge is 0.491 e. The van der Waals surface area contributed by atoms with Crippen LogP contribution >= 0.6 is 0 Å². The van der Waals surface area contributed by atoms with Gasteiger partial charge in [-0.2, -0.15) is 4.98 Å². The first-order chi connectivity index (χ1) is 17.0. The van der Waals surface area contributed by atoms with Crippen molar-refractivity contribution in [1.29, 1.82) is 0 Å². The Kier molecular flexibility index (Phi) is 5.81. The zero-order chi connectivity index (χ0) is 24.5. The molecule has 0 saturated heterocycles. The molecular formula is C24H21FN4O6. The van der Waals surface area contributed by atoms with Crippen molar-refractivity contribution < 1.29 is 32.9 Å². The highest BCUT2D eigenvalue weighted by Crippen LogP contribution is 2.39. The number of halogens is 1. The number of fused-ring (bicyclic) bond motifs is 2. The molecule has 2 aromatic carbocycles. The minimum absolute atomic E-state index is 0.0882. The van der Waals surface area contributed by atoms with Crippen LogP contribution in [-0.4, -0.2) is 49.3 Å². The summed E-state index contributed by atoms with van der Waals surface area (Å²) in [5.74, 6) is -0.621. The Morgan fingerprint density at radius 3 is 1.97 bits per heavy atom. The highest BCUT2D eigenvalue weighted by molar-refractivity contribution is 5.94. The van der Waals surface area contributed by atoms with Crippen molar-refractivity contribution in [3.05, 3.63) is 58.5 Å². The summed E-state index contributed by atoms with van der Waals surface area (Å²) >= 11 is 0. The van der Waals surface area contributed by atoms with E-state index in [0.717, 1.165) is 11.8 Å². The number of esters is 2. The van der Waals surface area contributed by atoms with Crippen molar-refractivity contribution in [2.45, 2.75) is 12.8 Å². The van der Waals surface area contributed by atoms with Crippen LogP contribution in [0.2, 0.25) is 0 Å². The van der Waals surface area contributed by atoms with Crippen molar-refractivity contribution >= 4 is 35.1 Å². The molecular weight excluding hydrogens is 459 g/mol. The van der Waals surface area contributed by atoms with E-state index in [1.165, 1.54) is 14.2 Å². The van der Waals surface area contributed by atoms with Gasteiger partial charge in [-0.25, -0.2) is 19.0 Å². The van der Waals surface area contributed by atoms with Crippen LogP contribution < -0.4 is 20.1 Å². The first-order valence-electron chi connectivity index (χ1n) is 10.8. The molecule has 0 amide bonds. The minimum atomic E-state index is -0.679. The van der Waals surface area contributed by atoms with E-state index in [2.05, 4.69) is 20.6 Å². The van der Waals surface area contributed by atoms with Crippen molar-refractivity contribution in [3.63, 3.8) is 0 Å². The second-order valence-electron chi connectivity index (χ2n) is 7.76. The Morgan fingerprint density at radius 2 is 1.43 bits per heavy atom. The number of anilines is 4. The summed E-state index contributed by atoms with van der Waals surface area (Å²) in [7, 11) is 2.63. The number of nitrogens with zero attached hydrogens (tertiary/aromatic N) is 2. The van der Waals surface area contributed by atoms with Crippen LogP contribution in [-0.2, 0) is 22.3 Å². The van der Waals surface area contributed by atoms with Gasteiger partial charge in [0.2, 0.25) is 5.95 Å². The monoisotopic (exact) mass is 480 g/mol. The lowest BCUT2D eigenvalue weighted by molar-refractivity contribution is 0.0590. The standard InChI is InChI=1S/C24H21FN4O6/c1-32-22(30)14-3-5-17(19-12(14)7-9-34-19)27-21-16(25)11-26-24(29-21)28-18-6-4-15(23(31)33-2)13-8-10-35-20(13)18/h3-6,11H,7-10H2,1-2H3,(H2,26,27,28,29). The van der Waals surface area contributed by atoms with Gasteiger partial charge in [-0.15, -0.1) is 0 Å². The van der Waals surface area contributed by atoms with Crippen LogP contribution in [0, 0.1) is 5.82 Å². The van der Waals surface area contributed by atoms with Gasteiger partial charge < -0.3 is 29.6 Å². The summed E-state index contributed by atoms with van der Waals surface area (Å²) < 4.78 is 35.7. The van der Waals surface area contributed by atoms with E-state index in [1.54, 1.807) is 24.3 Å². The van der Waals surface area contributed by atoms with Crippen molar-refractivity contribution in [2.24, 2.45) is 0 Å². The molecule has 0 spiro atoms. The predicted molar refractivity (Wildman–Crippen MR) is 123 cm³/mol. The van der Waals surface area contributed by atoms with Gasteiger partial charge in [0.1, 0.15) is 11.5 Å². The minimum Gasteiger partial charge on any atom is -0.491 e.